The lowest BCUT2D eigenvalue weighted by atomic mass is 9.83. The second kappa shape index (κ2) is 6.22. The van der Waals surface area contributed by atoms with Crippen LogP contribution in [-0.4, -0.2) is 19.9 Å². The Balaban J connectivity index is 1.59. The van der Waals surface area contributed by atoms with E-state index in [4.69, 9.17) is 9.59 Å². The minimum atomic E-state index is -0.265. The summed E-state index contributed by atoms with van der Waals surface area (Å²) in [7, 11) is 1.58. The van der Waals surface area contributed by atoms with Crippen molar-refractivity contribution in [3.8, 4) is 0 Å². The smallest absolute Gasteiger partial charge is 0.449 e. The fourth-order valence-electron chi connectivity index (χ4n) is 1.86. The molecule has 0 amide bonds. The normalized spacial score (nSPS) is 12.6. The van der Waals surface area contributed by atoms with E-state index in [-0.39, 0.29) is 5.82 Å². The molecule has 2 aromatic rings. The number of halogens is 1. The molecule has 2 aromatic carbocycles. The van der Waals surface area contributed by atoms with Gasteiger partial charge in [0.1, 0.15) is 12.4 Å². The maximum absolute atomic E-state index is 12.7. The molecule has 0 fully saturated rings. The third-order valence-electron chi connectivity index (χ3n) is 2.96. The molecule has 1 heterocycles. The summed E-state index contributed by atoms with van der Waals surface area (Å²) in [6.45, 7) is 0.296. The molecule has 0 aliphatic carbocycles. The van der Waals surface area contributed by atoms with Gasteiger partial charge in [0.2, 0.25) is 0 Å². The largest absolute Gasteiger partial charge is 0.468 e. The number of nitrogens with zero attached hydrogens (tertiary/aromatic N) is 2. The van der Waals surface area contributed by atoms with Crippen LogP contribution in [0, 0.1) is 5.82 Å². The Bertz CT molecular complexity index is 687. The van der Waals surface area contributed by atoms with Crippen LogP contribution in [0.15, 0.2) is 52.8 Å². The highest BCUT2D eigenvalue weighted by atomic mass is 19.1. The molecule has 0 unspecified atom stereocenters. The van der Waals surface area contributed by atoms with Gasteiger partial charge < -0.3 is 9.59 Å². The Morgan fingerprint density at radius 1 is 1.24 bits per heavy atom. The Morgan fingerprint density at radius 3 is 2.95 bits per heavy atom. The molecule has 103 valence electrons. The first-order valence-electron chi connectivity index (χ1n) is 6.37. The summed E-state index contributed by atoms with van der Waals surface area (Å²) in [6.07, 6.45) is 3.26. The number of benzene rings is 2. The van der Waals surface area contributed by atoms with Gasteiger partial charge in [-0.2, -0.15) is 0 Å². The fraction of sp³-hybridized carbons (Fsp3) is 0.0667. The average Bonchev–Trinajstić information content (AvgIpc) is 2.53. The number of fused-ring (bicyclic) bond motifs is 1. The summed E-state index contributed by atoms with van der Waals surface area (Å²) in [5.74, 6) is -0.265. The predicted octanol–water partition coefficient (Wildman–Crippen LogP) is 1.99. The molecular weight excluding hydrogens is 270 g/mol. The van der Waals surface area contributed by atoms with E-state index in [1.165, 1.54) is 12.1 Å². The van der Waals surface area contributed by atoms with Crippen molar-refractivity contribution in [2.75, 3.05) is 0 Å². The number of hydrogen-bond donors (Lipinski definition) is 0. The van der Waals surface area contributed by atoms with Crippen molar-refractivity contribution < 1.29 is 14.0 Å². The highest BCUT2D eigenvalue weighted by molar-refractivity contribution is 6.49. The molecule has 6 heteroatoms. The second-order valence-electron chi connectivity index (χ2n) is 4.48. The molecule has 1 aliphatic heterocycles. The van der Waals surface area contributed by atoms with E-state index >= 15 is 0 Å². The van der Waals surface area contributed by atoms with Crippen molar-refractivity contribution in [2.45, 2.75) is 6.61 Å². The molecule has 0 aromatic heterocycles. The average molecular weight is 281 g/mol. The molecule has 21 heavy (non-hydrogen) atoms. The van der Waals surface area contributed by atoms with Gasteiger partial charge in [0, 0.05) is 0 Å². The van der Waals surface area contributed by atoms with E-state index in [2.05, 4.69) is 10.3 Å². The molecular formula is C15H11BFN2O2. The second-order valence-corrected chi connectivity index (χ2v) is 4.48. The summed E-state index contributed by atoms with van der Waals surface area (Å²) in [5, 5.41) is 7.62. The fourth-order valence-corrected chi connectivity index (χ4v) is 1.86. The van der Waals surface area contributed by atoms with Gasteiger partial charge in [-0.25, -0.2) is 4.39 Å². The summed E-state index contributed by atoms with van der Waals surface area (Å²) in [4.78, 5) is 5.19. The van der Waals surface area contributed by atoms with Crippen molar-refractivity contribution in [3.63, 3.8) is 0 Å². The van der Waals surface area contributed by atoms with Gasteiger partial charge in [-0.15, -0.1) is 5.16 Å². The topological polar surface area (TPSA) is 43.2 Å². The van der Waals surface area contributed by atoms with E-state index in [9.17, 15) is 4.39 Å². The van der Waals surface area contributed by atoms with Crippen LogP contribution >= 0.6 is 0 Å². The van der Waals surface area contributed by atoms with Crippen LogP contribution in [0.3, 0.4) is 0 Å². The molecule has 1 aliphatic rings. The zero-order valence-electron chi connectivity index (χ0n) is 11.1. The Kier molecular flexibility index (Phi) is 3.96. The van der Waals surface area contributed by atoms with Gasteiger partial charge in [0.15, 0.2) is 0 Å². The van der Waals surface area contributed by atoms with E-state index in [0.717, 1.165) is 22.2 Å². The first kappa shape index (κ1) is 13.4. The van der Waals surface area contributed by atoms with Crippen LogP contribution in [-0.2, 0) is 16.2 Å². The van der Waals surface area contributed by atoms with Crippen molar-refractivity contribution in [1.29, 1.82) is 0 Å². The van der Waals surface area contributed by atoms with Gasteiger partial charge in [0.25, 0.3) is 0 Å². The lowest BCUT2D eigenvalue weighted by molar-refractivity contribution is 0.132. The van der Waals surface area contributed by atoms with Gasteiger partial charge in [-0.1, -0.05) is 29.4 Å². The molecule has 0 saturated carbocycles. The maximum atomic E-state index is 12.7. The first-order valence-corrected chi connectivity index (χ1v) is 6.37. The molecule has 4 nitrogen and oxygen atoms in total. The third kappa shape index (κ3) is 3.48. The highest BCUT2D eigenvalue weighted by Gasteiger charge is 2.09. The third-order valence-corrected chi connectivity index (χ3v) is 2.96. The van der Waals surface area contributed by atoms with Gasteiger partial charge in [0.05, 0.1) is 12.4 Å². The summed E-state index contributed by atoms with van der Waals surface area (Å²) < 4.78 is 17.6. The van der Waals surface area contributed by atoms with Crippen LogP contribution in [0.2, 0.25) is 0 Å². The SMILES string of the molecule is Fc1ccc(CO/N=C/c2ccc3c(c2)C=NO[B]3)cc1. The van der Waals surface area contributed by atoms with Crippen LogP contribution < -0.4 is 5.46 Å². The molecule has 1 radical (unpaired) electrons. The standard InChI is InChI=1S/C15H11BFN2O2/c17-14-4-1-11(2-5-14)10-20-18-8-12-3-6-15-13(7-12)9-19-21-16-15/h1-9H,10H2/b18-8+. The Morgan fingerprint density at radius 2 is 2.10 bits per heavy atom. The molecule has 3 rings (SSSR count). The van der Waals surface area contributed by atoms with E-state index in [0.29, 0.717) is 6.61 Å². The molecule has 0 spiro atoms. The van der Waals surface area contributed by atoms with Gasteiger partial charge in [-0.3, -0.25) is 0 Å². The van der Waals surface area contributed by atoms with E-state index < -0.39 is 0 Å². The van der Waals surface area contributed by atoms with Crippen molar-refractivity contribution in [1.82, 2.24) is 0 Å². The van der Waals surface area contributed by atoms with Crippen molar-refractivity contribution in [2.24, 2.45) is 10.3 Å². The first-order chi connectivity index (χ1) is 10.3. The zero-order valence-corrected chi connectivity index (χ0v) is 11.1. The van der Waals surface area contributed by atoms with Crippen LogP contribution in [0.5, 0.6) is 0 Å². The summed E-state index contributed by atoms with van der Waals surface area (Å²) in [6, 6.07) is 11.9. The molecule has 0 bridgehead atoms. The van der Waals surface area contributed by atoms with Crippen molar-refractivity contribution >= 4 is 25.4 Å². The molecule has 0 N–H and O–H groups in total. The predicted molar refractivity (Wildman–Crippen MR) is 79.3 cm³/mol. The van der Waals surface area contributed by atoms with Crippen LogP contribution in [0.4, 0.5) is 4.39 Å². The van der Waals surface area contributed by atoms with Crippen LogP contribution in [0.1, 0.15) is 16.7 Å². The summed E-state index contributed by atoms with van der Waals surface area (Å²) in [5.41, 5.74) is 3.69. The molecule has 0 saturated heterocycles. The Labute approximate surface area is 122 Å². The van der Waals surface area contributed by atoms with Crippen LogP contribution in [0.25, 0.3) is 0 Å². The minimum absolute atomic E-state index is 0.265. The van der Waals surface area contributed by atoms with Crippen molar-refractivity contribution in [3.05, 3.63) is 65.0 Å². The summed E-state index contributed by atoms with van der Waals surface area (Å²) >= 11 is 0. The lowest BCUT2D eigenvalue weighted by Gasteiger charge is -2.08. The van der Waals surface area contributed by atoms with Gasteiger partial charge >= 0.3 is 7.48 Å². The van der Waals surface area contributed by atoms with E-state index in [1.54, 1.807) is 32.0 Å². The van der Waals surface area contributed by atoms with Gasteiger partial charge in [-0.05, 0) is 40.4 Å². The monoisotopic (exact) mass is 281 g/mol. The quantitative estimate of drug-likeness (QED) is 0.488. The minimum Gasteiger partial charge on any atom is -0.468 e. The number of oxime groups is 2. The number of rotatable bonds is 4. The van der Waals surface area contributed by atoms with E-state index in [1.807, 2.05) is 18.2 Å². The highest BCUT2D eigenvalue weighted by Crippen LogP contribution is 2.05. The maximum Gasteiger partial charge on any atom is 0.449 e. The zero-order chi connectivity index (χ0) is 14.5. The molecule has 0 atom stereocenters. The Hall–Kier alpha value is -2.63. The number of hydrogen-bond acceptors (Lipinski definition) is 4. The lowest BCUT2D eigenvalue weighted by Crippen LogP contribution is -2.24.